The number of rotatable bonds is 11. The normalized spacial score (nSPS) is 14.6. The standard InChI is InChI=1S/C31H36BrN3O5S/c1-23(31(37)33-26-14-5-3-6-15-26)34(21-24-12-11-13-25(32)20-24)30(36)22-35(28-18-9-10-19-29(28)40-2)41(38,39)27-16-7-4-8-17-27/h4,7-13,16-20,23,26H,3,5-6,14-15,21-22H2,1-2H3,(H,33,37)/t23-/m0/s1. The molecular weight excluding hydrogens is 606 g/mol. The molecule has 0 aliphatic heterocycles. The number of sulfonamides is 1. The van der Waals surface area contributed by atoms with E-state index in [0.717, 1.165) is 46.4 Å². The van der Waals surface area contributed by atoms with Crippen molar-refractivity contribution < 1.29 is 22.7 Å². The summed E-state index contributed by atoms with van der Waals surface area (Å²) in [6.07, 6.45) is 5.10. The van der Waals surface area contributed by atoms with E-state index in [4.69, 9.17) is 4.74 Å². The van der Waals surface area contributed by atoms with Gasteiger partial charge in [0, 0.05) is 17.1 Å². The molecule has 1 saturated carbocycles. The SMILES string of the molecule is COc1ccccc1N(CC(=O)N(Cc1cccc(Br)c1)[C@@H](C)C(=O)NC1CCCCC1)S(=O)(=O)c1ccccc1. The minimum absolute atomic E-state index is 0.0420. The van der Waals surface area contributed by atoms with Gasteiger partial charge in [0.15, 0.2) is 0 Å². The summed E-state index contributed by atoms with van der Waals surface area (Å²) in [6, 6.07) is 21.4. The molecule has 1 N–H and O–H groups in total. The van der Waals surface area contributed by atoms with Crippen LogP contribution in [0.4, 0.5) is 5.69 Å². The quantitative estimate of drug-likeness (QED) is 0.297. The molecule has 8 nitrogen and oxygen atoms in total. The van der Waals surface area contributed by atoms with E-state index in [2.05, 4.69) is 21.2 Å². The van der Waals surface area contributed by atoms with Crippen LogP contribution in [0.3, 0.4) is 0 Å². The van der Waals surface area contributed by atoms with Gasteiger partial charge >= 0.3 is 0 Å². The number of carbonyl (C=O) groups is 2. The Morgan fingerprint density at radius 1 is 0.976 bits per heavy atom. The van der Waals surface area contributed by atoms with Crippen LogP contribution in [-0.4, -0.2) is 50.9 Å². The summed E-state index contributed by atoms with van der Waals surface area (Å²) in [7, 11) is -2.72. The lowest BCUT2D eigenvalue weighted by atomic mass is 9.95. The second-order valence-corrected chi connectivity index (χ2v) is 12.9. The van der Waals surface area contributed by atoms with E-state index in [0.29, 0.717) is 5.75 Å². The van der Waals surface area contributed by atoms with Gasteiger partial charge < -0.3 is 15.0 Å². The van der Waals surface area contributed by atoms with E-state index in [-0.39, 0.29) is 29.1 Å². The third kappa shape index (κ3) is 7.68. The van der Waals surface area contributed by atoms with Crippen LogP contribution >= 0.6 is 15.9 Å². The maximum atomic E-state index is 14.1. The summed E-state index contributed by atoms with van der Waals surface area (Å²) in [4.78, 5) is 29.0. The average Bonchev–Trinajstić information content (AvgIpc) is 2.99. The fourth-order valence-electron chi connectivity index (χ4n) is 5.05. The molecule has 0 radical (unpaired) electrons. The first-order chi connectivity index (χ1) is 19.7. The third-order valence-electron chi connectivity index (χ3n) is 7.32. The number of carbonyl (C=O) groups excluding carboxylic acids is 2. The van der Waals surface area contributed by atoms with Crippen molar-refractivity contribution in [2.45, 2.75) is 62.6 Å². The van der Waals surface area contributed by atoms with Crippen LogP contribution < -0.4 is 14.4 Å². The predicted molar refractivity (Wildman–Crippen MR) is 163 cm³/mol. The third-order valence-corrected chi connectivity index (χ3v) is 9.59. The first-order valence-corrected chi connectivity index (χ1v) is 16.0. The van der Waals surface area contributed by atoms with Crippen LogP contribution in [0.2, 0.25) is 0 Å². The van der Waals surface area contributed by atoms with Gasteiger partial charge in [-0.3, -0.25) is 13.9 Å². The Bertz CT molecular complexity index is 1440. The fraction of sp³-hybridized carbons (Fsp3) is 0.355. The lowest BCUT2D eigenvalue weighted by molar-refractivity contribution is -0.139. The smallest absolute Gasteiger partial charge is 0.264 e. The summed E-state index contributed by atoms with van der Waals surface area (Å²) in [6.45, 7) is 1.29. The molecule has 4 rings (SSSR count). The molecule has 1 aliphatic carbocycles. The molecule has 1 fully saturated rings. The van der Waals surface area contributed by atoms with Gasteiger partial charge in [0.1, 0.15) is 18.3 Å². The predicted octanol–water partition coefficient (Wildman–Crippen LogP) is 5.52. The molecule has 3 aromatic carbocycles. The molecule has 0 unspecified atom stereocenters. The maximum absolute atomic E-state index is 14.1. The molecule has 218 valence electrons. The highest BCUT2D eigenvalue weighted by atomic mass is 79.9. The van der Waals surface area contributed by atoms with E-state index in [1.54, 1.807) is 49.4 Å². The van der Waals surface area contributed by atoms with Gasteiger partial charge in [0.25, 0.3) is 10.0 Å². The second kappa shape index (κ2) is 14.0. The monoisotopic (exact) mass is 641 g/mol. The molecule has 0 bridgehead atoms. The summed E-state index contributed by atoms with van der Waals surface area (Å²) >= 11 is 3.48. The Morgan fingerprint density at radius 3 is 2.34 bits per heavy atom. The van der Waals surface area contributed by atoms with Crippen LogP contribution in [0, 0.1) is 0 Å². The average molecular weight is 643 g/mol. The summed E-state index contributed by atoms with van der Waals surface area (Å²) in [5.74, 6) is -0.460. The Labute approximate surface area is 250 Å². The number of halogens is 1. The van der Waals surface area contributed by atoms with Gasteiger partial charge in [-0.2, -0.15) is 0 Å². The first-order valence-electron chi connectivity index (χ1n) is 13.8. The van der Waals surface area contributed by atoms with Gasteiger partial charge in [0.05, 0.1) is 17.7 Å². The highest BCUT2D eigenvalue weighted by Crippen LogP contribution is 2.32. The van der Waals surface area contributed by atoms with E-state index >= 15 is 0 Å². The van der Waals surface area contributed by atoms with Crippen LogP contribution in [0.1, 0.15) is 44.6 Å². The lowest BCUT2D eigenvalue weighted by Crippen LogP contribution is -2.53. The topological polar surface area (TPSA) is 96.0 Å². The van der Waals surface area contributed by atoms with Crippen molar-refractivity contribution in [3.05, 3.63) is 88.9 Å². The zero-order valence-corrected chi connectivity index (χ0v) is 25.7. The summed E-state index contributed by atoms with van der Waals surface area (Å²) < 4.78 is 35.3. The van der Waals surface area contributed by atoms with E-state index in [9.17, 15) is 18.0 Å². The molecular formula is C31H36BrN3O5S. The molecule has 10 heteroatoms. The highest BCUT2D eigenvalue weighted by molar-refractivity contribution is 9.10. The maximum Gasteiger partial charge on any atom is 0.264 e. The number of ether oxygens (including phenoxy) is 1. The molecule has 2 amide bonds. The van der Waals surface area contributed by atoms with Gasteiger partial charge in [-0.05, 0) is 61.7 Å². The highest BCUT2D eigenvalue weighted by Gasteiger charge is 2.34. The van der Waals surface area contributed by atoms with Crippen molar-refractivity contribution in [2.75, 3.05) is 18.0 Å². The van der Waals surface area contributed by atoms with E-state index < -0.39 is 28.5 Å². The minimum atomic E-state index is -4.17. The molecule has 0 spiro atoms. The van der Waals surface area contributed by atoms with Crippen LogP contribution in [0.15, 0.2) is 88.2 Å². The van der Waals surface area contributed by atoms with Crippen molar-refractivity contribution in [3.63, 3.8) is 0 Å². The molecule has 41 heavy (non-hydrogen) atoms. The molecule has 0 aromatic heterocycles. The van der Waals surface area contributed by atoms with Crippen LogP contribution in [0.25, 0.3) is 0 Å². The van der Waals surface area contributed by atoms with E-state index in [1.165, 1.54) is 24.1 Å². The zero-order chi connectivity index (χ0) is 29.4. The number of methoxy groups -OCH3 is 1. The Balaban J connectivity index is 1.69. The number of nitrogens with zero attached hydrogens (tertiary/aromatic N) is 2. The van der Waals surface area contributed by atoms with Crippen molar-refractivity contribution in [1.82, 2.24) is 10.2 Å². The zero-order valence-electron chi connectivity index (χ0n) is 23.3. The number of amides is 2. The molecule has 1 aliphatic rings. The second-order valence-electron chi connectivity index (χ2n) is 10.2. The first kappa shape index (κ1) is 30.6. The Hall–Kier alpha value is -3.37. The van der Waals surface area contributed by atoms with Crippen LogP contribution in [0.5, 0.6) is 5.75 Å². The van der Waals surface area contributed by atoms with Crippen molar-refractivity contribution in [2.24, 2.45) is 0 Å². The van der Waals surface area contributed by atoms with Gasteiger partial charge in [0.2, 0.25) is 11.8 Å². The fourth-order valence-corrected chi connectivity index (χ4v) is 6.94. The summed E-state index contributed by atoms with van der Waals surface area (Å²) in [5.41, 5.74) is 1.04. The minimum Gasteiger partial charge on any atom is -0.495 e. The molecule has 0 saturated heterocycles. The van der Waals surface area contributed by atoms with Gasteiger partial charge in [-0.15, -0.1) is 0 Å². The van der Waals surface area contributed by atoms with E-state index in [1.807, 2.05) is 24.3 Å². The number of hydrogen-bond acceptors (Lipinski definition) is 5. The number of benzene rings is 3. The van der Waals surface area contributed by atoms with Gasteiger partial charge in [-0.1, -0.05) is 77.7 Å². The van der Waals surface area contributed by atoms with Crippen molar-refractivity contribution in [1.29, 1.82) is 0 Å². The molecule has 1 atom stereocenters. The molecule has 0 heterocycles. The number of hydrogen-bond donors (Lipinski definition) is 1. The van der Waals surface area contributed by atoms with Gasteiger partial charge in [-0.25, -0.2) is 8.42 Å². The molecule has 3 aromatic rings. The number of anilines is 1. The van der Waals surface area contributed by atoms with Crippen LogP contribution in [-0.2, 0) is 26.2 Å². The van der Waals surface area contributed by atoms with Crippen molar-refractivity contribution in [3.8, 4) is 5.75 Å². The Kier molecular flexibility index (Phi) is 10.4. The number of para-hydroxylation sites is 2. The lowest BCUT2D eigenvalue weighted by Gasteiger charge is -2.33. The van der Waals surface area contributed by atoms with Crippen molar-refractivity contribution >= 4 is 43.5 Å². The number of nitrogens with one attached hydrogen (secondary N) is 1. The summed E-state index contributed by atoms with van der Waals surface area (Å²) in [5, 5.41) is 3.12. The largest absolute Gasteiger partial charge is 0.495 e. The Morgan fingerprint density at radius 2 is 1.66 bits per heavy atom.